The zero-order valence-electron chi connectivity index (χ0n) is 10.8. The first kappa shape index (κ1) is 12.3. The number of phenolic OH excluding ortho intramolecular Hbond substituents is 1. The highest BCUT2D eigenvalue weighted by Crippen LogP contribution is 2.33. The molecule has 0 radical (unpaired) electrons. The molecule has 0 fully saturated rings. The predicted octanol–water partition coefficient (Wildman–Crippen LogP) is 3.17. The molecule has 4 nitrogen and oxygen atoms in total. The molecule has 20 heavy (non-hydrogen) atoms. The molecule has 0 spiro atoms. The lowest BCUT2D eigenvalue weighted by atomic mass is 10.1. The Morgan fingerprint density at radius 2 is 1.90 bits per heavy atom. The Balaban J connectivity index is 2.30. The number of benzene rings is 2. The number of fused-ring (bicyclic) bond motifs is 1. The Kier molecular flexibility index (Phi) is 2.91. The van der Waals surface area contributed by atoms with Crippen LogP contribution < -0.4 is 10.2 Å². The van der Waals surface area contributed by atoms with E-state index in [2.05, 4.69) is 0 Å². The number of methoxy groups -OCH3 is 1. The lowest BCUT2D eigenvalue weighted by Crippen LogP contribution is -2.00. The number of para-hydroxylation sites is 1. The van der Waals surface area contributed by atoms with E-state index >= 15 is 0 Å². The van der Waals surface area contributed by atoms with Crippen LogP contribution in [0, 0.1) is 0 Å². The molecule has 0 saturated carbocycles. The normalized spacial score (nSPS) is 10.7. The third-order valence-corrected chi connectivity index (χ3v) is 3.08. The van der Waals surface area contributed by atoms with Crippen molar-refractivity contribution in [3.63, 3.8) is 0 Å². The monoisotopic (exact) mass is 268 g/mol. The Morgan fingerprint density at radius 3 is 2.70 bits per heavy atom. The lowest BCUT2D eigenvalue weighted by Gasteiger charge is -2.08. The molecular formula is C16H12O4. The van der Waals surface area contributed by atoms with Gasteiger partial charge in [-0.3, -0.25) is 4.79 Å². The third-order valence-electron chi connectivity index (χ3n) is 3.08. The highest BCUT2D eigenvalue weighted by Gasteiger charge is 2.12. The summed E-state index contributed by atoms with van der Waals surface area (Å²) in [6, 6.07) is 13.1. The zero-order valence-corrected chi connectivity index (χ0v) is 10.8. The van der Waals surface area contributed by atoms with E-state index in [-0.39, 0.29) is 11.2 Å². The van der Waals surface area contributed by atoms with Crippen LogP contribution in [-0.4, -0.2) is 12.2 Å². The molecule has 0 aliphatic carbocycles. The number of phenols is 1. The van der Waals surface area contributed by atoms with E-state index in [0.29, 0.717) is 28.0 Å². The van der Waals surface area contributed by atoms with E-state index in [4.69, 9.17) is 9.15 Å². The average molecular weight is 268 g/mol. The summed E-state index contributed by atoms with van der Waals surface area (Å²) >= 11 is 0. The summed E-state index contributed by atoms with van der Waals surface area (Å²) < 4.78 is 11.0. The van der Waals surface area contributed by atoms with Gasteiger partial charge in [-0.25, -0.2) is 0 Å². The standard InChI is InChI=1S/C16H12O4/c1-19-14-7-6-10(17)8-12(14)16-9-13(18)11-4-2-3-5-15(11)20-16/h2-9,17H,1H3. The maximum absolute atomic E-state index is 12.1. The molecule has 1 heterocycles. The second-order valence-electron chi connectivity index (χ2n) is 4.36. The van der Waals surface area contributed by atoms with Crippen LogP contribution in [0.15, 0.2) is 57.7 Å². The van der Waals surface area contributed by atoms with Gasteiger partial charge in [0.2, 0.25) is 0 Å². The quantitative estimate of drug-likeness (QED) is 0.775. The van der Waals surface area contributed by atoms with Gasteiger partial charge in [-0.15, -0.1) is 0 Å². The molecule has 0 saturated heterocycles. The fourth-order valence-corrected chi connectivity index (χ4v) is 2.13. The van der Waals surface area contributed by atoms with Gasteiger partial charge in [-0.05, 0) is 30.3 Å². The molecule has 2 aromatic carbocycles. The van der Waals surface area contributed by atoms with Gasteiger partial charge in [0.05, 0.1) is 18.1 Å². The van der Waals surface area contributed by atoms with Crippen LogP contribution >= 0.6 is 0 Å². The number of rotatable bonds is 2. The molecule has 0 amide bonds. The highest BCUT2D eigenvalue weighted by atomic mass is 16.5. The van der Waals surface area contributed by atoms with Crippen molar-refractivity contribution in [2.75, 3.05) is 7.11 Å². The molecule has 0 unspecified atom stereocenters. The van der Waals surface area contributed by atoms with Gasteiger partial charge in [0.25, 0.3) is 0 Å². The molecule has 100 valence electrons. The summed E-state index contributed by atoms with van der Waals surface area (Å²) in [5.41, 5.74) is 0.906. The van der Waals surface area contributed by atoms with E-state index in [1.54, 1.807) is 30.3 Å². The molecule has 1 aromatic heterocycles. The van der Waals surface area contributed by atoms with Crippen LogP contribution in [0.4, 0.5) is 0 Å². The maximum Gasteiger partial charge on any atom is 0.193 e. The summed E-state index contributed by atoms with van der Waals surface area (Å²) in [6.45, 7) is 0. The number of hydrogen-bond donors (Lipinski definition) is 1. The van der Waals surface area contributed by atoms with E-state index in [0.717, 1.165) is 0 Å². The molecule has 3 aromatic rings. The fourth-order valence-electron chi connectivity index (χ4n) is 2.13. The second-order valence-corrected chi connectivity index (χ2v) is 4.36. The number of ether oxygens (including phenoxy) is 1. The molecule has 1 N–H and O–H groups in total. The highest BCUT2D eigenvalue weighted by molar-refractivity contribution is 5.79. The molecule has 0 aliphatic rings. The van der Waals surface area contributed by atoms with Crippen molar-refractivity contribution >= 4 is 11.0 Å². The van der Waals surface area contributed by atoms with E-state index in [9.17, 15) is 9.90 Å². The maximum atomic E-state index is 12.1. The molecule has 0 aliphatic heterocycles. The van der Waals surface area contributed by atoms with Crippen LogP contribution in [0.5, 0.6) is 11.5 Å². The Bertz CT molecular complexity index is 833. The summed E-state index contributed by atoms with van der Waals surface area (Å²) in [7, 11) is 1.52. The largest absolute Gasteiger partial charge is 0.508 e. The van der Waals surface area contributed by atoms with Gasteiger partial charge >= 0.3 is 0 Å². The smallest absolute Gasteiger partial charge is 0.193 e. The van der Waals surface area contributed by atoms with E-state index in [1.165, 1.54) is 25.3 Å². The average Bonchev–Trinajstić information content (AvgIpc) is 2.47. The van der Waals surface area contributed by atoms with Gasteiger partial charge < -0.3 is 14.3 Å². The molecule has 0 bridgehead atoms. The number of hydrogen-bond acceptors (Lipinski definition) is 4. The SMILES string of the molecule is COc1ccc(O)cc1-c1cc(=O)c2ccccc2o1. The minimum absolute atomic E-state index is 0.0802. The van der Waals surface area contributed by atoms with Crippen LogP contribution in [0.1, 0.15) is 0 Å². The zero-order chi connectivity index (χ0) is 14.1. The molecule has 0 atom stereocenters. The minimum Gasteiger partial charge on any atom is -0.508 e. The summed E-state index contributed by atoms with van der Waals surface area (Å²) in [4.78, 5) is 12.1. The first-order chi connectivity index (χ1) is 9.69. The first-order valence-electron chi connectivity index (χ1n) is 6.09. The number of aromatic hydroxyl groups is 1. The van der Waals surface area contributed by atoms with Crippen LogP contribution in [0.25, 0.3) is 22.3 Å². The molecule has 3 rings (SSSR count). The predicted molar refractivity (Wildman–Crippen MR) is 76.1 cm³/mol. The summed E-state index contributed by atoms with van der Waals surface area (Å²) in [5, 5.41) is 10.1. The van der Waals surface area contributed by atoms with Crippen LogP contribution in [0.3, 0.4) is 0 Å². The van der Waals surface area contributed by atoms with Crippen molar-refractivity contribution in [3.05, 3.63) is 58.8 Å². The Hall–Kier alpha value is -2.75. The Morgan fingerprint density at radius 1 is 1.10 bits per heavy atom. The molecule has 4 heteroatoms. The molecular weight excluding hydrogens is 256 g/mol. The van der Waals surface area contributed by atoms with E-state index in [1.807, 2.05) is 0 Å². The van der Waals surface area contributed by atoms with Crippen molar-refractivity contribution in [1.29, 1.82) is 0 Å². The van der Waals surface area contributed by atoms with Crippen molar-refractivity contribution in [2.24, 2.45) is 0 Å². The lowest BCUT2D eigenvalue weighted by molar-refractivity contribution is 0.412. The Labute approximate surface area is 114 Å². The van der Waals surface area contributed by atoms with Gasteiger partial charge in [0, 0.05) is 6.07 Å². The van der Waals surface area contributed by atoms with Crippen molar-refractivity contribution in [2.45, 2.75) is 0 Å². The second kappa shape index (κ2) is 4.74. The first-order valence-corrected chi connectivity index (χ1v) is 6.09. The fraction of sp³-hybridized carbons (Fsp3) is 0.0625. The van der Waals surface area contributed by atoms with Gasteiger partial charge in [-0.2, -0.15) is 0 Å². The van der Waals surface area contributed by atoms with Crippen molar-refractivity contribution < 1.29 is 14.3 Å². The van der Waals surface area contributed by atoms with Crippen LogP contribution in [-0.2, 0) is 0 Å². The minimum atomic E-state index is -0.132. The van der Waals surface area contributed by atoms with Gasteiger partial charge in [0.1, 0.15) is 22.8 Å². The van der Waals surface area contributed by atoms with Gasteiger partial charge in [-0.1, -0.05) is 12.1 Å². The van der Waals surface area contributed by atoms with Crippen molar-refractivity contribution in [1.82, 2.24) is 0 Å². The third kappa shape index (κ3) is 2.01. The van der Waals surface area contributed by atoms with Crippen LogP contribution in [0.2, 0.25) is 0 Å². The van der Waals surface area contributed by atoms with Gasteiger partial charge in [0.15, 0.2) is 5.43 Å². The van der Waals surface area contributed by atoms with E-state index < -0.39 is 0 Å². The summed E-state index contributed by atoms with van der Waals surface area (Å²) in [6.07, 6.45) is 0. The van der Waals surface area contributed by atoms with Crippen molar-refractivity contribution in [3.8, 4) is 22.8 Å². The summed E-state index contributed by atoms with van der Waals surface area (Å²) in [5.74, 6) is 0.972. The topological polar surface area (TPSA) is 59.7 Å².